The van der Waals surface area contributed by atoms with Crippen LogP contribution in [0.3, 0.4) is 0 Å². The van der Waals surface area contributed by atoms with Crippen molar-refractivity contribution in [2.45, 2.75) is 5.09 Å². The molecule has 0 bridgehead atoms. The van der Waals surface area contributed by atoms with Crippen LogP contribution in [-0.2, 0) is 10.1 Å². The number of furan rings is 1. The van der Waals surface area contributed by atoms with Gasteiger partial charge in [0.25, 0.3) is 5.91 Å². The SMILES string of the molecule is O=C(NN=Cc1ccc(S(=O)(=O)[O-])o1)c1ccccc1F.[Na+]. The van der Waals surface area contributed by atoms with Crippen LogP contribution in [0.2, 0.25) is 0 Å². The quantitative estimate of drug-likeness (QED) is 0.303. The van der Waals surface area contributed by atoms with Gasteiger partial charge in [0.2, 0.25) is 5.09 Å². The molecule has 0 saturated heterocycles. The second-order valence-electron chi connectivity index (χ2n) is 3.79. The van der Waals surface area contributed by atoms with Gasteiger partial charge in [0.15, 0.2) is 10.1 Å². The topological polar surface area (TPSA) is 112 Å². The van der Waals surface area contributed by atoms with E-state index in [1.54, 1.807) is 0 Å². The molecule has 0 radical (unpaired) electrons. The van der Waals surface area contributed by atoms with E-state index in [2.05, 4.69) is 9.52 Å². The summed E-state index contributed by atoms with van der Waals surface area (Å²) in [5.41, 5.74) is 1.84. The van der Waals surface area contributed by atoms with E-state index in [-0.39, 0.29) is 40.9 Å². The van der Waals surface area contributed by atoms with Gasteiger partial charge in [0.1, 0.15) is 11.6 Å². The number of hydrogen-bond acceptors (Lipinski definition) is 6. The first-order valence-electron chi connectivity index (χ1n) is 5.51. The molecule has 1 aromatic heterocycles. The maximum atomic E-state index is 13.3. The maximum Gasteiger partial charge on any atom is 1.00 e. The van der Waals surface area contributed by atoms with Crippen LogP contribution in [0.1, 0.15) is 16.1 Å². The molecule has 22 heavy (non-hydrogen) atoms. The Hall–Kier alpha value is -1.52. The van der Waals surface area contributed by atoms with Gasteiger partial charge < -0.3 is 8.97 Å². The Kier molecular flexibility index (Phi) is 6.45. The largest absolute Gasteiger partial charge is 1.00 e. The minimum Gasteiger partial charge on any atom is -0.742 e. The standard InChI is InChI=1S/C12H9FN2O5S.Na/c13-10-4-2-1-3-9(10)12(16)15-14-7-8-5-6-11(20-8)21(17,18)19;/h1-7H,(H,15,16)(H,17,18,19);/q;+1/p-1. The molecule has 1 N–H and O–H groups in total. The van der Waals surface area contributed by atoms with Gasteiger partial charge in [-0.3, -0.25) is 4.79 Å². The number of carbonyl (C=O) groups is 1. The van der Waals surface area contributed by atoms with Crippen molar-refractivity contribution in [2.24, 2.45) is 5.10 Å². The first kappa shape index (κ1) is 18.5. The summed E-state index contributed by atoms with van der Waals surface area (Å²) < 4.78 is 49.9. The number of hydrogen-bond donors (Lipinski definition) is 1. The van der Waals surface area contributed by atoms with Crippen LogP contribution in [0, 0.1) is 5.82 Å². The summed E-state index contributed by atoms with van der Waals surface area (Å²) in [6.07, 6.45) is 0.980. The summed E-state index contributed by atoms with van der Waals surface area (Å²) in [6, 6.07) is 7.46. The van der Waals surface area contributed by atoms with E-state index in [4.69, 9.17) is 0 Å². The van der Waals surface area contributed by atoms with E-state index in [0.717, 1.165) is 18.3 Å². The van der Waals surface area contributed by atoms with E-state index in [0.29, 0.717) is 0 Å². The predicted octanol–water partition coefficient (Wildman–Crippen LogP) is -1.91. The molecule has 0 aliphatic carbocycles. The van der Waals surface area contributed by atoms with Crippen LogP contribution in [0.4, 0.5) is 4.39 Å². The number of rotatable bonds is 4. The predicted molar refractivity (Wildman–Crippen MR) is 68.1 cm³/mol. The van der Waals surface area contributed by atoms with Crippen molar-refractivity contribution in [3.8, 4) is 0 Å². The molecular weight excluding hydrogens is 326 g/mol. The van der Waals surface area contributed by atoms with Crippen LogP contribution in [0.25, 0.3) is 0 Å². The van der Waals surface area contributed by atoms with E-state index in [1.807, 2.05) is 5.43 Å². The molecule has 10 heteroatoms. The summed E-state index contributed by atoms with van der Waals surface area (Å²) in [5.74, 6) is -1.55. The van der Waals surface area contributed by atoms with Crippen molar-refractivity contribution in [3.05, 3.63) is 53.5 Å². The molecule has 0 unspecified atom stereocenters. The fourth-order valence-corrected chi connectivity index (χ4v) is 1.83. The summed E-state index contributed by atoms with van der Waals surface area (Å²) >= 11 is 0. The van der Waals surface area contributed by atoms with Gasteiger partial charge in [-0.2, -0.15) is 5.10 Å². The Morgan fingerprint density at radius 1 is 1.27 bits per heavy atom. The molecule has 1 aromatic carbocycles. The zero-order valence-corrected chi connectivity index (χ0v) is 14.1. The van der Waals surface area contributed by atoms with Gasteiger partial charge >= 0.3 is 29.6 Å². The molecule has 1 heterocycles. The van der Waals surface area contributed by atoms with Crippen molar-refractivity contribution in [3.63, 3.8) is 0 Å². The number of nitrogens with zero attached hydrogens (tertiary/aromatic N) is 1. The van der Waals surface area contributed by atoms with Crippen molar-refractivity contribution >= 4 is 22.2 Å². The molecule has 7 nitrogen and oxygen atoms in total. The van der Waals surface area contributed by atoms with Gasteiger partial charge in [0.05, 0.1) is 11.8 Å². The molecule has 1 amide bonds. The average molecular weight is 334 g/mol. The van der Waals surface area contributed by atoms with Crippen LogP contribution >= 0.6 is 0 Å². The first-order chi connectivity index (χ1) is 9.88. The van der Waals surface area contributed by atoms with Crippen molar-refractivity contribution in [1.29, 1.82) is 0 Å². The summed E-state index contributed by atoms with van der Waals surface area (Å²) in [4.78, 5) is 11.6. The van der Waals surface area contributed by atoms with Gasteiger partial charge in [-0.05, 0) is 24.3 Å². The number of hydrazone groups is 1. The van der Waals surface area contributed by atoms with Crippen LogP contribution in [-0.4, -0.2) is 25.1 Å². The smallest absolute Gasteiger partial charge is 0.742 e. The molecule has 0 saturated carbocycles. The van der Waals surface area contributed by atoms with Crippen molar-refractivity contribution in [1.82, 2.24) is 5.43 Å². The fourth-order valence-electron chi connectivity index (χ4n) is 1.40. The third-order valence-electron chi connectivity index (χ3n) is 2.32. The Morgan fingerprint density at radius 2 is 1.95 bits per heavy atom. The third-order valence-corrected chi connectivity index (χ3v) is 3.04. The summed E-state index contributed by atoms with van der Waals surface area (Å²) in [7, 11) is -4.69. The molecule has 0 spiro atoms. The summed E-state index contributed by atoms with van der Waals surface area (Å²) in [5, 5.41) is 2.71. The zero-order chi connectivity index (χ0) is 15.5. The normalized spacial score (nSPS) is 11.2. The van der Waals surface area contributed by atoms with E-state index in [9.17, 15) is 22.2 Å². The minimum atomic E-state index is -4.69. The molecule has 110 valence electrons. The Bertz CT molecular complexity index is 803. The Morgan fingerprint density at radius 3 is 2.55 bits per heavy atom. The second kappa shape index (κ2) is 7.65. The van der Waals surface area contributed by atoms with Crippen LogP contribution in [0.15, 0.2) is 51.0 Å². The number of benzene rings is 1. The molecular formula is C12H8FN2NaO5S. The second-order valence-corrected chi connectivity index (χ2v) is 5.10. The molecule has 0 aliphatic heterocycles. The van der Waals surface area contributed by atoms with Crippen LogP contribution < -0.4 is 35.0 Å². The Balaban J connectivity index is 0.00000242. The zero-order valence-electron chi connectivity index (χ0n) is 11.3. The monoisotopic (exact) mass is 334 g/mol. The van der Waals surface area contributed by atoms with Gasteiger partial charge in [0, 0.05) is 0 Å². The molecule has 0 aliphatic rings. The number of carbonyl (C=O) groups excluding carboxylic acids is 1. The van der Waals surface area contributed by atoms with Gasteiger partial charge in [-0.1, -0.05) is 12.1 Å². The van der Waals surface area contributed by atoms with Gasteiger partial charge in [-0.15, -0.1) is 0 Å². The molecule has 0 fully saturated rings. The number of halogens is 1. The number of amides is 1. The minimum absolute atomic E-state index is 0. The fraction of sp³-hybridized carbons (Fsp3) is 0. The molecule has 2 aromatic rings. The summed E-state index contributed by atoms with van der Waals surface area (Å²) in [6.45, 7) is 0. The van der Waals surface area contributed by atoms with Crippen molar-refractivity contribution in [2.75, 3.05) is 0 Å². The molecule has 2 rings (SSSR count). The third kappa shape index (κ3) is 4.75. The average Bonchev–Trinajstić information content (AvgIpc) is 2.88. The van der Waals surface area contributed by atoms with Crippen molar-refractivity contribution < 1.29 is 56.1 Å². The number of nitrogens with one attached hydrogen (secondary N) is 1. The van der Waals surface area contributed by atoms with E-state index < -0.39 is 26.9 Å². The maximum absolute atomic E-state index is 13.3. The first-order valence-corrected chi connectivity index (χ1v) is 6.92. The Labute approximate surface area is 147 Å². The van der Waals surface area contributed by atoms with Gasteiger partial charge in [-0.25, -0.2) is 18.2 Å². The molecule has 0 atom stereocenters. The van der Waals surface area contributed by atoms with Crippen LogP contribution in [0.5, 0.6) is 0 Å². The van der Waals surface area contributed by atoms with E-state index >= 15 is 0 Å². The van der Waals surface area contributed by atoms with E-state index in [1.165, 1.54) is 24.3 Å².